The number of likely N-dealkylation sites (N-methyl/N-ethyl adjacent to an activating group) is 1. The second-order valence-corrected chi connectivity index (χ2v) is 13.9. The molecule has 4 rings (SSSR count). The van der Waals surface area contributed by atoms with E-state index in [-0.39, 0.29) is 53.8 Å². The first-order valence-corrected chi connectivity index (χ1v) is 17.6. The summed E-state index contributed by atoms with van der Waals surface area (Å²) in [6.07, 6.45) is 4.75. The van der Waals surface area contributed by atoms with E-state index in [1.54, 1.807) is 72.6 Å². The van der Waals surface area contributed by atoms with Crippen molar-refractivity contribution in [3.63, 3.8) is 0 Å². The van der Waals surface area contributed by atoms with Gasteiger partial charge in [-0.2, -0.15) is 0 Å². The molecule has 2 N–H and O–H groups in total. The zero-order valence-corrected chi connectivity index (χ0v) is 29.0. The maximum Gasteiger partial charge on any atom is 0.261 e. The zero-order chi connectivity index (χ0) is 34.8. The van der Waals surface area contributed by atoms with Crippen LogP contribution in [-0.4, -0.2) is 98.8 Å². The SMILES string of the molecule is COc1ccc(S(=O)(=O)Nc2ccc3c(c2)C(=O)N([C@H](C)CO)C[C@@H](C)[C@H](CN(C)C(=O)c2ccncc2)OCCCC[C@@H](C)O3)cc1. The van der Waals surface area contributed by atoms with Crippen molar-refractivity contribution in [3.05, 3.63) is 78.1 Å². The lowest BCUT2D eigenvalue weighted by molar-refractivity contribution is -0.0149. The van der Waals surface area contributed by atoms with E-state index in [1.807, 2.05) is 13.8 Å². The minimum absolute atomic E-state index is 0.0300. The summed E-state index contributed by atoms with van der Waals surface area (Å²) in [5.41, 5.74) is 0.844. The van der Waals surface area contributed by atoms with Crippen LogP contribution in [0.25, 0.3) is 0 Å². The average molecular weight is 683 g/mol. The van der Waals surface area contributed by atoms with Crippen LogP contribution in [-0.2, 0) is 14.8 Å². The number of aromatic nitrogens is 1. The van der Waals surface area contributed by atoms with Crippen LogP contribution in [0.3, 0.4) is 0 Å². The number of benzene rings is 2. The molecule has 12 nitrogen and oxygen atoms in total. The number of rotatable bonds is 9. The Balaban J connectivity index is 1.65. The summed E-state index contributed by atoms with van der Waals surface area (Å²) in [5.74, 6) is -0.0279. The van der Waals surface area contributed by atoms with Gasteiger partial charge in [-0.1, -0.05) is 6.92 Å². The number of nitrogens with one attached hydrogen (secondary N) is 1. The molecule has 2 heterocycles. The van der Waals surface area contributed by atoms with E-state index in [2.05, 4.69) is 9.71 Å². The predicted molar refractivity (Wildman–Crippen MR) is 182 cm³/mol. The summed E-state index contributed by atoms with van der Waals surface area (Å²) in [6.45, 7) is 6.24. The number of hydrogen-bond acceptors (Lipinski definition) is 9. The molecule has 0 unspecified atom stereocenters. The lowest BCUT2D eigenvalue weighted by Crippen LogP contribution is -2.48. The Kier molecular flexibility index (Phi) is 12.8. The van der Waals surface area contributed by atoms with Crippen LogP contribution in [0.1, 0.15) is 60.7 Å². The Morgan fingerprint density at radius 1 is 1.12 bits per heavy atom. The van der Waals surface area contributed by atoms with Crippen LogP contribution in [0.15, 0.2) is 71.9 Å². The Morgan fingerprint density at radius 2 is 1.83 bits per heavy atom. The summed E-state index contributed by atoms with van der Waals surface area (Å²) in [7, 11) is -0.784. The van der Waals surface area contributed by atoms with E-state index in [9.17, 15) is 23.1 Å². The zero-order valence-electron chi connectivity index (χ0n) is 28.2. The van der Waals surface area contributed by atoms with Crippen LogP contribution in [0, 0.1) is 5.92 Å². The molecule has 0 bridgehead atoms. The van der Waals surface area contributed by atoms with Crippen molar-refractivity contribution < 1.29 is 37.3 Å². The molecule has 1 aromatic heterocycles. The Hall–Kier alpha value is -4.20. The number of amides is 2. The van der Waals surface area contributed by atoms with Crippen molar-refractivity contribution in [2.75, 3.05) is 45.2 Å². The van der Waals surface area contributed by atoms with E-state index in [0.717, 1.165) is 12.8 Å². The predicted octanol–water partition coefficient (Wildman–Crippen LogP) is 4.46. The van der Waals surface area contributed by atoms with Crippen LogP contribution in [0.4, 0.5) is 5.69 Å². The molecule has 48 heavy (non-hydrogen) atoms. The number of methoxy groups -OCH3 is 1. The van der Waals surface area contributed by atoms with Gasteiger partial charge in [-0.3, -0.25) is 19.3 Å². The number of nitrogens with zero attached hydrogens (tertiary/aromatic N) is 3. The molecule has 0 radical (unpaired) electrons. The van der Waals surface area contributed by atoms with Gasteiger partial charge in [0.25, 0.3) is 21.8 Å². The quantitative estimate of drug-likeness (QED) is 0.334. The molecule has 3 aromatic rings. The van der Waals surface area contributed by atoms with Crippen LogP contribution >= 0.6 is 0 Å². The second-order valence-electron chi connectivity index (χ2n) is 12.2. The van der Waals surface area contributed by atoms with Crippen molar-refractivity contribution >= 4 is 27.5 Å². The molecule has 2 amide bonds. The van der Waals surface area contributed by atoms with Gasteiger partial charge < -0.3 is 29.1 Å². The summed E-state index contributed by atoms with van der Waals surface area (Å²) in [5, 5.41) is 10.2. The van der Waals surface area contributed by atoms with Crippen LogP contribution in [0.5, 0.6) is 11.5 Å². The maximum atomic E-state index is 14.4. The van der Waals surface area contributed by atoms with Gasteiger partial charge in [-0.05, 0) is 87.7 Å². The number of hydrogen-bond donors (Lipinski definition) is 2. The van der Waals surface area contributed by atoms with Gasteiger partial charge in [0.15, 0.2) is 0 Å². The fourth-order valence-electron chi connectivity index (χ4n) is 5.49. The highest BCUT2D eigenvalue weighted by Gasteiger charge is 2.31. The third-order valence-corrected chi connectivity index (χ3v) is 9.80. The first-order valence-electron chi connectivity index (χ1n) is 16.1. The standard InChI is InChI=1S/C35H46N4O8S/c1-24-21-39(25(2)23-40)35(42)31-20-28(37-48(43,44)30-12-10-29(45-5)11-13-30)9-14-32(31)47-26(3)8-6-7-19-46-33(24)22-38(4)34(41)27-15-17-36-18-16-27/h9-18,20,24-26,33,37,40H,6-8,19,21-23H2,1-5H3/t24-,25-,26-,33+/m1/s1. The summed E-state index contributed by atoms with van der Waals surface area (Å²) < 4.78 is 46.8. The van der Waals surface area contributed by atoms with E-state index < -0.39 is 28.1 Å². The molecule has 0 saturated heterocycles. The minimum Gasteiger partial charge on any atom is -0.497 e. The average Bonchev–Trinajstić information content (AvgIpc) is 3.09. The number of carbonyl (C=O) groups is 2. The highest BCUT2D eigenvalue weighted by molar-refractivity contribution is 7.92. The van der Waals surface area contributed by atoms with Crippen molar-refractivity contribution in [2.45, 2.75) is 63.2 Å². The minimum atomic E-state index is -3.99. The van der Waals surface area contributed by atoms with Gasteiger partial charge >= 0.3 is 0 Å². The Morgan fingerprint density at radius 3 is 2.50 bits per heavy atom. The number of aliphatic hydroxyl groups is 1. The van der Waals surface area contributed by atoms with E-state index in [4.69, 9.17) is 14.2 Å². The topological polar surface area (TPSA) is 148 Å². The van der Waals surface area contributed by atoms with Gasteiger partial charge in [0.05, 0.1) is 42.4 Å². The molecule has 2 aromatic carbocycles. The fourth-order valence-corrected chi connectivity index (χ4v) is 6.53. The third kappa shape index (κ3) is 9.45. The second kappa shape index (κ2) is 16.8. The molecular weight excluding hydrogens is 636 g/mol. The van der Waals surface area contributed by atoms with Crippen LogP contribution in [0.2, 0.25) is 0 Å². The first kappa shape index (κ1) is 36.6. The molecular formula is C35H46N4O8S. The number of aliphatic hydroxyl groups excluding tert-OH is 1. The highest BCUT2D eigenvalue weighted by Crippen LogP contribution is 2.30. The Labute approximate surface area is 283 Å². The van der Waals surface area contributed by atoms with Gasteiger partial charge in [0, 0.05) is 56.3 Å². The summed E-state index contributed by atoms with van der Waals surface area (Å²) in [4.78, 5) is 34.7. The molecule has 4 atom stereocenters. The normalized spacial score (nSPS) is 20.1. The lowest BCUT2D eigenvalue weighted by Gasteiger charge is -2.36. The molecule has 0 spiro atoms. The molecule has 260 valence electrons. The summed E-state index contributed by atoms with van der Waals surface area (Å²) >= 11 is 0. The number of anilines is 1. The van der Waals surface area contributed by atoms with Crippen LogP contribution < -0.4 is 14.2 Å². The summed E-state index contributed by atoms with van der Waals surface area (Å²) in [6, 6.07) is 13.3. The number of fused-ring (bicyclic) bond motifs is 1. The maximum absolute atomic E-state index is 14.4. The third-order valence-electron chi connectivity index (χ3n) is 8.40. The monoisotopic (exact) mass is 682 g/mol. The number of carbonyl (C=O) groups excluding carboxylic acids is 2. The number of ether oxygens (including phenoxy) is 3. The number of sulfonamides is 1. The van der Waals surface area contributed by atoms with Gasteiger partial charge in [0.1, 0.15) is 11.5 Å². The lowest BCUT2D eigenvalue weighted by atomic mass is 10.0. The van der Waals surface area contributed by atoms with Crippen molar-refractivity contribution in [1.82, 2.24) is 14.8 Å². The highest BCUT2D eigenvalue weighted by atomic mass is 32.2. The van der Waals surface area contributed by atoms with E-state index in [1.165, 1.54) is 25.3 Å². The van der Waals surface area contributed by atoms with Gasteiger partial charge in [0.2, 0.25) is 0 Å². The fraction of sp³-hybridized carbons (Fsp3) is 0.457. The van der Waals surface area contributed by atoms with Gasteiger partial charge in [-0.25, -0.2) is 8.42 Å². The number of pyridine rings is 1. The largest absolute Gasteiger partial charge is 0.497 e. The van der Waals surface area contributed by atoms with E-state index in [0.29, 0.717) is 30.1 Å². The smallest absolute Gasteiger partial charge is 0.261 e. The molecule has 1 aliphatic heterocycles. The van der Waals surface area contributed by atoms with Crippen molar-refractivity contribution in [1.29, 1.82) is 0 Å². The molecule has 0 fully saturated rings. The van der Waals surface area contributed by atoms with Crippen molar-refractivity contribution in [2.24, 2.45) is 5.92 Å². The van der Waals surface area contributed by atoms with Gasteiger partial charge in [-0.15, -0.1) is 0 Å². The van der Waals surface area contributed by atoms with E-state index >= 15 is 0 Å². The molecule has 0 saturated carbocycles. The molecule has 13 heteroatoms. The van der Waals surface area contributed by atoms with Crippen molar-refractivity contribution in [3.8, 4) is 11.5 Å². The molecule has 1 aliphatic rings. The molecule has 0 aliphatic carbocycles. The Bertz CT molecular complexity index is 1620. The first-order chi connectivity index (χ1) is 22.9.